The summed E-state index contributed by atoms with van der Waals surface area (Å²) in [5.74, 6) is 0. The van der Waals surface area contributed by atoms with Crippen molar-refractivity contribution in [2.75, 3.05) is 19.8 Å². The van der Waals surface area contributed by atoms with Crippen LogP contribution in [0.1, 0.15) is 27.7 Å². The molecule has 0 saturated carbocycles. The van der Waals surface area contributed by atoms with Crippen molar-refractivity contribution in [2.24, 2.45) is 11.1 Å². The van der Waals surface area contributed by atoms with Crippen LogP contribution < -0.4 is 5.73 Å². The summed E-state index contributed by atoms with van der Waals surface area (Å²) < 4.78 is 10.9. The van der Waals surface area contributed by atoms with E-state index in [1.165, 1.54) is 0 Å². The first-order valence-corrected chi connectivity index (χ1v) is 4.51. The molecule has 0 saturated heterocycles. The molecule has 3 nitrogen and oxygen atoms in total. The number of rotatable bonds is 6. The third kappa shape index (κ3) is 3.52. The molecule has 0 aromatic heterocycles. The number of ether oxygens (including phenoxy) is 2. The molecule has 0 atom stereocenters. The van der Waals surface area contributed by atoms with Gasteiger partial charge in [0.1, 0.15) is 0 Å². The van der Waals surface area contributed by atoms with Crippen molar-refractivity contribution in [1.29, 1.82) is 0 Å². The molecule has 0 aromatic carbocycles. The highest BCUT2D eigenvalue weighted by molar-refractivity contribution is 4.73. The monoisotopic (exact) mass is 175 g/mol. The van der Waals surface area contributed by atoms with E-state index in [4.69, 9.17) is 15.2 Å². The summed E-state index contributed by atoms with van der Waals surface area (Å²) in [5.41, 5.74) is 5.50. The van der Waals surface area contributed by atoms with E-state index in [1.807, 2.05) is 27.7 Å². The van der Waals surface area contributed by atoms with Gasteiger partial charge in [-0.2, -0.15) is 0 Å². The lowest BCUT2D eigenvalue weighted by atomic mass is 9.93. The van der Waals surface area contributed by atoms with E-state index in [1.54, 1.807) is 0 Å². The van der Waals surface area contributed by atoms with Crippen LogP contribution in [0.15, 0.2) is 0 Å². The smallest absolute Gasteiger partial charge is 0.163 e. The topological polar surface area (TPSA) is 44.5 Å². The summed E-state index contributed by atoms with van der Waals surface area (Å²) in [6, 6.07) is 0. The zero-order valence-corrected chi connectivity index (χ0v) is 8.59. The lowest BCUT2D eigenvalue weighted by Crippen LogP contribution is -2.40. The Hall–Kier alpha value is -0.120. The minimum absolute atomic E-state index is 0.105. The number of nitrogens with two attached hydrogens (primary N) is 1. The Balaban J connectivity index is 4.07. The van der Waals surface area contributed by atoms with Crippen LogP contribution in [0.5, 0.6) is 0 Å². The van der Waals surface area contributed by atoms with E-state index in [9.17, 15) is 0 Å². The fourth-order valence-electron chi connectivity index (χ4n) is 0.898. The molecule has 0 spiro atoms. The highest BCUT2D eigenvalue weighted by Gasteiger charge is 2.28. The maximum atomic E-state index is 5.61. The van der Waals surface area contributed by atoms with Crippen LogP contribution in [0.3, 0.4) is 0 Å². The van der Waals surface area contributed by atoms with Gasteiger partial charge in [-0.05, 0) is 13.8 Å². The Kier molecular flexibility index (Phi) is 5.46. The summed E-state index contributed by atoms with van der Waals surface area (Å²) in [6.07, 6.45) is -0.183. The Labute approximate surface area is 75.2 Å². The van der Waals surface area contributed by atoms with Crippen LogP contribution in [0, 0.1) is 5.41 Å². The predicted octanol–water partition coefficient (Wildman–Crippen LogP) is 1.37. The van der Waals surface area contributed by atoms with Crippen molar-refractivity contribution in [2.45, 2.75) is 34.0 Å². The molecule has 0 radical (unpaired) electrons. The predicted molar refractivity (Wildman–Crippen MR) is 49.9 cm³/mol. The van der Waals surface area contributed by atoms with Crippen molar-refractivity contribution in [3.05, 3.63) is 0 Å². The third-order valence-corrected chi connectivity index (χ3v) is 1.80. The van der Waals surface area contributed by atoms with E-state index in [0.717, 1.165) is 0 Å². The van der Waals surface area contributed by atoms with Crippen LogP contribution in [0.2, 0.25) is 0 Å². The molecule has 0 aliphatic heterocycles. The molecular formula is C9H21NO2. The summed E-state index contributed by atoms with van der Waals surface area (Å²) in [7, 11) is 0. The van der Waals surface area contributed by atoms with Crippen LogP contribution in [0.4, 0.5) is 0 Å². The summed E-state index contributed by atoms with van der Waals surface area (Å²) in [5, 5.41) is 0. The highest BCUT2D eigenvalue weighted by atomic mass is 16.7. The fraction of sp³-hybridized carbons (Fsp3) is 1.00. The van der Waals surface area contributed by atoms with Crippen molar-refractivity contribution < 1.29 is 9.47 Å². The molecule has 0 aliphatic rings. The van der Waals surface area contributed by atoms with Gasteiger partial charge in [0.25, 0.3) is 0 Å². The zero-order valence-electron chi connectivity index (χ0n) is 8.59. The molecular weight excluding hydrogens is 154 g/mol. The van der Waals surface area contributed by atoms with Crippen molar-refractivity contribution in [3.63, 3.8) is 0 Å². The molecule has 0 fully saturated rings. The Morgan fingerprint density at radius 2 is 1.58 bits per heavy atom. The molecule has 0 amide bonds. The second kappa shape index (κ2) is 5.51. The molecule has 12 heavy (non-hydrogen) atoms. The zero-order chi connectivity index (χ0) is 9.61. The molecule has 2 N–H and O–H groups in total. The largest absolute Gasteiger partial charge is 0.352 e. The average Bonchev–Trinajstić information content (AvgIpc) is 2.04. The SMILES string of the molecule is CCOC(OCC)C(C)(C)CN. The van der Waals surface area contributed by atoms with Gasteiger partial charge in [0.2, 0.25) is 0 Å². The Morgan fingerprint density at radius 3 is 1.83 bits per heavy atom. The molecule has 3 heteroatoms. The third-order valence-electron chi connectivity index (χ3n) is 1.80. The van der Waals surface area contributed by atoms with Crippen LogP contribution in [-0.4, -0.2) is 26.0 Å². The van der Waals surface area contributed by atoms with Gasteiger partial charge < -0.3 is 15.2 Å². The van der Waals surface area contributed by atoms with Crippen molar-refractivity contribution in [3.8, 4) is 0 Å². The van der Waals surface area contributed by atoms with E-state index in [-0.39, 0.29) is 11.7 Å². The van der Waals surface area contributed by atoms with Gasteiger partial charge in [-0.15, -0.1) is 0 Å². The van der Waals surface area contributed by atoms with Gasteiger partial charge >= 0.3 is 0 Å². The van der Waals surface area contributed by atoms with Crippen LogP contribution in [0.25, 0.3) is 0 Å². The maximum absolute atomic E-state index is 5.61. The van der Waals surface area contributed by atoms with Crippen molar-refractivity contribution in [1.82, 2.24) is 0 Å². The average molecular weight is 175 g/mol. The van der Waals surface area contributed by atoms with Crippen LogP contribution in [-0.2, 0) is 9.47 Å². The quantitative estimate of drug-likeness (QED) is 0.620. The minimum atomic E-state index is -0.183. The van der Waals surface area contributed by atoms with Gasteiger partial charge in [0.15, 0.2) is 6.29 Å². The molecule has 0 bridgehead atoms. The molecule has 0 rings (SSSR count). The number of hydrogen-bond acceptors (Lipinski definition) is 3. The van der Waals surface area contributed by atoms with Gasteiger partial charge in [0.05, 0.1) is 0 Å². The normalized spacial score (nSPS) is 12.5. The van der Waals surface area contributed by atoms with Crippen molar-refractivity contribution >= 4 is 0 Å². The Morgan fingerprint density at radius 1 is 1.17 bits per heavy atom. The van der Waals surface area contributed by atoms with Gasteiger partial charge in [0, 0.05) is 25.2 Å². The van der Waals surface area contributed by atoms with Gasteiger partial charge in [-0.1, -0.05) is 13.8 Å². The molecule has 0 heterocycles. The van der Waals surface area contributed by atoms with E-state index in [2.05, 4.69) is 0 Å². The molecule has 74 valence electrons. The van der Waals surface area contributed by atoms with E-state index >= 15 is 0 Å². The lowest BCUT2D eigenvalue weighted by molar-refractivity contribution is -0.191. The second-order valence-electron chi connectivity index (χ2n) is 3.44. The second-order valence-corrected chi connectivity index (χ2v) is 3.44. The Bertz CT molecular complexity index is 109. The van der Waals surface area contributed by atoms with Crippen LogP contribution >= 0.6 is 0 Å². The first kappa shape index (κ1) is 11.9. The first-order chi connectivity index (χ1) is 5.58. The summed E-state index contributed by atoms with van der Waals surface area (Å²) >= 11 is 0. The maximum Gasteiger partial charge on any atom is 0.163 e. The van der Waals surface area contributed by atoms with Gasteiger partial charge in [-0.3, -0.25) is 0 Å². The van der Waals surface area contributed by atoms with Gasteiger partial charge in [-0.25, -0.2) is 0 Å². The standard InChI is InChI=1S/C9H21NO2/c1-5-11-8(12-6-2)9(3,4)7-10/h8H,5-7,10H2,1-4H3. The lowest BCUT2D eigenvalue weighted by Gasteiger charge is -2.32. The molecule has 0 aliphatic carbocycles. The summed E-state index contributed by atoms with van der Waals surface area (Å²) in [6.45, 7) is 9.89. The van der Waals surface area contributed by atoms with E-state index < -0.39 is 0 Å². The van der Waals surface area contributed by atoms with E-state index in [0.29, 0.717) is 19.8 Å². The first-order valence-electron chi connectivity index (χ1n) is 4.51. The summed E-state index contributed by atoms with van der Waals surface area (Å²) in [4.78, 5) is 0. The molecule has 0 unspecified atom stereocenters. The minimum Gasteiger partial charge on any atom is -0.352 e. The molecule has 0 aromatic rings. The number of hydrogen-bond donors (Lipinski definition) is 1. The fourth-order valence-corrected chi connectivity index (χ4v) is 0.898. The highest BCUT2D eigenvalue weighted by Crippen LogP contribution is 2.22.